The maximum atomic E-state index is 7.84. The van der Waals surface area contributed by atoms with Crippen molar-refractivity contribution in [2.45, 2.75) is 59.3 Å². The van der Waals surface area contributed by atoms with Crippen molar-refractivity contribution in [2.75, 3.05) is 0 Å². The highest BCUT2D eigenvalue weighted by molar-refractivity contribution is 6.15. The molecule has 0 spiro atoms. The summed E-state index contributed by atoms with van der Waals surface area (Å²) in [5.74, 6) is 0.811. The van der Waals surface area contributed by atoms with Gasteiger partial charge in [0.15, 0.2) is 11.4 Å². The first-order chi connectivity index (χ1) is 18.5. The van der Waals surface area contributed by atoms with Crippen molar-refractivity contribution >= 4 is 27.6 Å². The lowest BCUT2D eigenvalue weighted by molar-refractivity contribution is -0.667. The predicted molar refractivity (Wildman–Crippen MR) is 157 cm³/mol. The van der Waals surface area contributed by atoms with Crippen molar-refractivity contribution in [1.82, 2.24) is 0 Å². The molecular weight excluding hydrogens is 464 g/mol. The fourth-order valence-corrected chi connectivity index (χ4v) is 6.38. The number of aryl methyl sites for hydroxylation is 2. The molecule has 0 amide bonds. The van der Waals surface area contributed by atoms with Gasteiger partial charge >= 0.3 is 0 Å². The molecular formula is C35H35N2O+. The molecule has 1 saturated carbocycles. The Balaban J connectivity index is 1.54. The topological polar surface area (TPSA) is 21.4 Å². The molecule has 3 aromatic carbocycles. The second-order valence-electron chi connectivity index (χ2n) is 11.1. The van der Waals surface area contributed by atoms with Gasteiger partial charge in [0, 0.05) is 34.9 Å². The second kappa shape index (κ2) is 9.76. The Hall–Kier alpha value is -3.90. The molecule has 190 valence electrons. The zero-order valence-corrected chi connectivity index (χ0v) is 22.9. The number of fused-ring (bicyclic) bond motifs is 3. The lowest BCUT2D eigenvalue weighted by Crippen LogP contribution is -2.36. The van der Waals surface area contributed by atoms with Crippen LogP contribution in [-0.2, 0) is 13.5 Å². The largest absolute Gasteiger partial charge is 0.456 e. The van der Waals surface area contributed by atoms with Gasteiger partial charge in [0.05, 0.1) is 12.1 Å². The maximum absolute atomic E-state index is 7.84. The molecule has 0 unspecified atom stereocenters. The molecule has 3 heteroatoms. The van der Waals surface area contributed by atoms with E-state index in [4.69, 9.17) is 11.0 Å². The van der Waals surface area contributed by atoms with Crippen LogP contribution in [0.4, 0.5) is 5.69 Å². The minimum absolute atomic E-state index is 0.618. The number of pyridine rings is 1. The van der Waals surface area contributed by atoms with Crippen LogP contribution in [0.15, 0.2) is 65.1 Å². The zero-order chi connectivity index (χ0) is 26.4. The Kier molecular flexibility index (Phi) is 6.28. The average Bonchev–Trinajstić information content (AvgIpc) is 3.31. The molecule has 1 aliphatic carbocycles. The lowest BCUT2D eigenvalue weighted by atomic mass is 9.84. The molecule has 2 heterocycles. The first kappa shape index (κ1) is 24.4. The molecule has 1 aliphatic rings. The highest BCUT2D eigenvalue weighted by atomic mass is 16.3. The van der Waals surface area contributed by atoms with E-state index in [2.05, 4.69) is 85.8 Å². The third-order valence-electron chi connectivity index (χ3n) is 8.72. The Morgan fingerprint density at radius 1 is 0.816 bits per heavy atom. The molecule has 1 fully saturated rings. The SMILES string of the molecule is [C-]#[N+]c1ccc2c(oc3c(-c4ccc(CC5CCCCC5)c(C)[n+]4C)c(C)ccc32)c1-c1ccc(C)cc1. The fourth-order valence-electron chi connectivity index (χ4n) is 6.38. The number of hydrogen-bond acceptors (Lipinski definition) is 1. The van der Waals surface area contributed by atoms with Crippen LogP contribution in [-0.4, -0.2) is 0 Å². The molecule has 6 rings (SSSR count). The van der Waals surface area contributed by atoms with Crippen LogP contribution in [0.3, 0.4) is 0 Å². The van der Waals surface area contributed by atoms with Gasteiger partial charge in [-0.15, -0.1) is 0 Å². The van der Waals surface area contributed by atoms with Crippen LogP contribution >= 0.6 is 0 Å². The average molecular weight is 500 g/mol. The second-order valence-corrected chi connectivity index (χ2v) is 11.1. The molecule has 0 atom stereocenters. The van der Waals surface area contributed by atoms with Crippen molar-refractivity contribution in [3.05, 3.63) is 94.5 Å². The van der Waals surface area contributed by atoms with Gasteiger partial charge in [-0.05, 0) is 43.4 Å². The molecule has 0 aliphatic heterocycles. The highest BCUT2D eigenvalue weighted by Crippen LogP contribution is 2.44. The summed E-state index contributed by atoms with van der Waals surface area (Å²) in [5.41, 5.74) is 11.7. The number of rotatable bonds is 4. The minimum Gasteiger partial charge on any atom is -0.456 e. The zero-order valence-electron chi connectivity index (χ0n) is 22.9. The van der Waals surface area contributed by atoms with Gasteiger partial charge in [-0.1, -0.05) is 86.2 Å². The number of aromatic nitrogens is 1. The van der Waals surface area contributed by atoms with Gasteiger partial charge in [0.25, 0.3) is 0 Å². The number of nitrogens with zero attached hydrogens (tertiary/aromatic N) is 2. The Bertz CT molecular complexity index is 1710. The van der Waals surface area contributed by atoms with Crippen LogP contribution in [0.2, 0.25) is 0 Å². The summed E-state index contributed by atoms with van der Waals surface area (Å²) in [6.07, 6.45) is 8.04. The van der Waals surface area contributed by atoms with Crippen molar-refractivity contribution in [3.63, 3.8) is 0 Å². The summed E-state index contributed by atoms with van der Waals surface area (Å²) >= 11 is 0. The van der Waals surface area contributed by atoms with E-state index in [1.165, 1.54) is 66.6 Å². The summed E-state index contributed by atoms with van der Waals surface area (Å²) in [4.78, 5) is 3.86. The van der Waals surface area contributed by atoms with Crippen LogP contribution in [0, 0.1) is 33.3 Å². The smallest absolute Gasteiger partial charge is 0.216 e. The van der Waals surface area contributed by atoms with Crippen molar-refractivity contribution in [3.8, 4) is 22.4 Å². The summed E-state index contributed by atoms with van der Waals surface area (Å²) in [7, 11) is 2.19. The van der Waals surface area contributed by atoms with Crippen LogP contribution in [0.5, 0.6) is 0 Å². The van der Waals surface area contributed by atoms with Gasteiger partial charge < -0.3 is 4.42 Å². The molecule has 0 saturated heterocycles. The van der Waals surface area contributed by atoms with E-state index in [0.29, 0.717) is 5.69 Å². The first-order valence-electron chi connectivity index (χ1n) is 13.9. The van der Waals surface area contributed by atoms with Gasteiger partial charge in [-0.3, -0.25) is 0 Å². The third-order valence-corrected chi connectivity index (χ3v) is 8.72. The highest BCUT2D eigenvalue weighted by Gasteiger charge is 2.25. The van der Waals surface area contributed by atoms with E-state index in [-0.39, 0.29) is 0 Å². The first-order valence-corrected chi connectivity index (χ1v) is 13.9. The van der Waals surface area contributed by atoms with E-state index in [9.17, 15) is 0 Å². The molecule has 0 N–H and O–H groups in total. The summed E-state index contributed by atoms with van der Waals surface area (Å²) < 4.78 is 9.11. The van der Waals surface area contributed by atoms with E-state index in [0.717, 1.165) is 44.5 Å². The van der Waals surface area contributed by atoms with Crippen LogP contribution in [0.1, 0.15) is 54.5 Å². The van der Waals surface area contributed by atoms with Gasteiger partial charge in [0.2, 0.25) is 5.69 Å². The maximum Gasteiger partial charge on any atom is 0.216 e. The quantitative estimate of drug-likeness (QED) is 0.178. The molecule has 3 nitrogen and oxygen atoms in total. The Morgan fingerprint density at radius 2 is 1.50 bits per heavy atom. The molecule has 0 radical (unpaired) electrons. The van der Waals surface area contributed by atoms with Crippen molar-refractivity contribution in [2.24, 2.45) is 13.0 Å². The summed E-state index contributed by atoms with van der Waals surface area (Å²) in [5, 5.41) is 2.15. The van der Waals surface area contributed by atoms with Crippen LogP contribution < -0.4 is 4.57 Å². The van der Waals surface area contributed by atoms with Gasteiger partial charge in [-0.25, -0.2) is 4.85 Å². The number of hydrogen-bond donors (Lipinski definition) is 0. The number of furan rings is 1. The third kappa shape index (κ3) is 4.09. The van der Waals surface area contributed by atoms with Gasteiger partial charge in [-0.2, -0.15) is 4.57 Å². The van der Waals surface area contributed by atoms with E-state index < -0.39 is 0 Å². The van der Waals surface area contributed by atoms with Crippen molar-refractivity contribution < 1.29 is 8.98 Å². The van der Waals surface area contributed by atoms with E-state index in [1.54, 1.807) is 0 Å². The summed E-state index contributed by atoms with van der Waals surface area (Å²) in [6, 6.07) is 21.3. The molecule has 2 aromatic heterocycles. The van der Waals surface area contributed by atoms with E-state index in [1.807, 2.05) is 12.1 Å². The standard InChI is InChI=1S/C35H35N2O/c1-22-11-14-26(15-12-22)33-30(36-4)19-18-29-28-17-13-23(2)32(34(28)38-35(29)33)31-20-16-27(24(3)37(31)5)21-25-9-7-6-8-10-25/h11-20,25H,6-10,21H2,1-3,5H3/q+1. The van der Waals surface area contributed by atoms with Crippen molar-refractivity contribution in [1.29, 1.82) is 0 Å². The minimum atomic E-state index is 0.618. The normalized spacial score (nSPS) is 14.3. The molecule has 5 aromatic rings. The number of benzene rings is 3. The monoisotopic (exact) mass is 499 g/mol. The summed E-state index contributed by atoms with van der Waals surface area (Å²) in [6.45, 7) is 14.3. The molecule has 38 heavy (non-hydrogen) atoms. The van der Waals surface area contributed by atoms with Gasteiger partial charge in [0.1, 0.15) is 18.2 Å². The predicted octanol–water partition coefficient (Wildman–Crippen LogP) is 9.34. The van der Waals surface area contributed by atoms with Crippen LogP contribution in [0.25, 0.3) is 49.2 Å². The Morgan fingerprint density at radius 3 is 2.21 bits per heavy atom. The fraction of sp³-hybridized carbons (Fsp3) is 0.314. The Labute approximate surface area is 225 Å². The molecule has 0 bridgehead atoms. The van der Waals surface area contributed by atoms with E-state index >= 15 is 0 Å². The lowest BCUT2D eigenvalue weighted by Gasteiger charge is -2.21.